The van der Waals surface area contributed by atoms with Crippen LogP contribution in [-0.2, 0) is 4.79 Å². The molecule has 0 radical (unpaired) electrons. The van der Waals surface area contributed by atoms with Crippen molar-refractivity contribution in [1.29, 1.82) is 0 Å². The molecule has 3 nitrogen and oxygen atoms in total. The molecule has 1 fully saturated rings. The quantitative estimate of drug-likeness (QED) is 0.558. The number of imide groups is 1. The van der Waals surface area contributed by atoms with Crippen molar-refractivity contribution < 1.29 is 73.9 Å². The largest absolute Gasteiger partial charge is 1.00 e. The van der Waals surface area contributed by atoms with Gasteiger partial charge in [-0.25, -0.2) is 0 Å². The molecule has 0 aliphatic carbocycles. The van der Waals surface area contributed by atoms with E-state index in [1.165, 1.54) is 0 Å². The van der Waals surface area contributed by atoms with Crippen LogP contribution in [0.3, 0.4) is 0 Å². The smallest absolute Gasteiger partial charge is 0.448 e. The molecular weight excluding hydrogens is 245 g/mol. The van der Waals surface area contributed by atoms with Gasteiger partial charge in [0.1, 0.15) is 0 Å². The summed E-state index contributed by atoms with van der Waals surface area (Å²) in [4.78, 5) is 22.0. The van der Waals surface area contributed by atoms with Crippen LogP contribution in [0.25, 0.3) is 0 Å². The van der Waals surface area contributed by atoms with Crippen LogP contribution in [0, 0.1) is 0 Å². The van der Waals surface area contributed by atoms with Crippen LogP contribution in [0.1, 0.15) is 6.42 Å². The number of amides is 2. The second-order valence-corrected chi connectivity index (χ2v) is 3.63. The number of halogens is 3. The minimum Gasteiger partial charge on any atom is -0.448 e. The standard InChI is InChI=1S/C5H6BF3NO2S.K/c7-6(8,9)3-10-4(11)1-2-13-5(10)12;/h1-3H2;/q-1;+1. The number of carbonyl (C=O) groups is 2. The molecule has 1 rings (SSSR count). The number of hydrogen-bond donors (Lipinski definition) is 0. The van der Waals surface area contributed by atoms with E-state index >= 15 is 0 Å². The van der Waals surface area contributed by atoms with Gasteiger partial charge in [-0.1, -0.05) is 11.8 Å². The van der Waals surface area contributed by atoms with Crippen molar-refractivity contribution in [2.24, 2.45) is 0 Å². The van der Waals surface area contributed by atoms with Gasteiger partial charge in [0.05, 0.1) is 0 Å². The topological polar surface area (TPSA) is 37.4 Å². The maximum Gasteiger partial charge on any atom is 1.00 e. The Bertz CT molecular complexity index is 234. The van der Waals surface area contributed by atoms with Crippen molar-refractivity contribution in [3.8, 4) is 0 Å². The third-order valence-electron chi connectivity index (χ3n) is 1.45. The zero-order chi connectivity index (χ0) is 10.1. The predicted molar refractivity (Wildman–Crippen MR) is 43.3 cm³/mol. The van der Waals surface area contributed by atoms with Crippen molar-refractivity contribution >= 4 is 29.9 Å². The van der Waals surface area contributed by atoms with Gasteiger partial charge in [-0.2, -0.15) is 0 Å². The normalized spacial score (nSPS) is 18.1. The summed E-state index contributed by atoms with van der Waals surface area (Å²) in [6.07, 6.45) is -1.41. The molecule has 0 aromatic heterocycles. The third kappa shape index (κ3) is 4.67. The summed E-state index contributed by atoms with van der Waals surface area (Å²) in [5.41, 5.74) is 0. The fraction of sp³-hybridized carbons (Fsp3) is 0.600. The number of hydrogen-bond acceptors (Lipinski definition) is 3. The molecule has 0 atom stereocenters. The van der Waals surface area contributed by atoms with Crippen LogP contribution in [-0.4, -0.2) is 35.2 Å². The number of rotatable bonds is 2. The third-order valence-corrected chi connectivity index (χ3v) is 2.33. The van der Waals surface area contributed by atoms with Gasteiger partial charge in [0.2, 0.25) is 5.91 Å². The SMILES string of the molecule is O=C1CCSC(=O)N1C[B-](F)(F)F.[K+]. The molecule has 2 amide bonds. The Morgan fingerprint density at radius 2 is 1.93 bits per heavy atom. The maximum atomic E-state index is 11.9. The minimum absolute atomic E-state index is 0. The first-order valence-corrected chi connectivity index (χ1v) is 4.57. The molecule has 0 unspecified atom stereocenters. The van der Waals surface area contributed by atoms with E-state index in [1.807, 2.05) is 0 Å². The van der Waals surface area contributed by atoms with Crippen molar-refractivity contribution in [2.45, 2.75) is 6.42 Å². The van der Waals surface area contributed by atoms with Gasteiger partial charge in [0.15, 0.2) is 0 Å². The zero-order valence-electron chi connectivity index (χ0n) is 7.50. The molecule has 74 valence electrons. The van der Waals surface area contributed by atoms with Crippen molar-refractivity contribution in [3.05, 3.63) is 0 Å². The molecule has 1 heterocycles. The maximum absolute atomic E-state index is 11.9. The molecule has 0 aromatic rings. The Labute approximate surface area is 126 Å². The Morgan fingerprint density at radius 1 is 1.36 bits per heavy atom. The Kier molecular flexibility index (Phi) is 6.31. The minimum atomic E-state index is -5.12. The van der Waals surface area contributed by atoms with Gasteiger partial charge in [0, 0.05) is 12.2 Å². The van der Waals surface area contributed by atoms with Gasteiger partial charge in [-0.3, -0.25) is 9.59 Å². The zero-order valence-corrected chi connectivity index (χ0v) is 11.4. The first-order chi connectivity index (χ1) is 5.90. The number of nitrogens with zero attached hydrogens (tertiary/aromatic N) is 1. The predicted octanol–water partition coefficient (Wildman–Crippen LogP) is -1.54. The average molecular weight is 251 g/mol. The van der Waals surface area contributed by atoms with E-state index in [2.05, 4.69) is 0 Å². The summed E-state index contributed by atoms with van der Waals surface area (Å²) in [6.45, 7) is -5.12. The second kappa shape index (κ2) is 5.90. The van der Waals surface area contributed by atoms with E-state index in [4.69, 9.17) is 0 Å². The van der Waals surface area contributed by atoms with Gasteiger partial charge >= 0.3 is 58.4 Å². The Morgan fingerprint density at radius 3 is 2.36 bits per heavy atom. The molecule has 1 aliphatic rings. The second-order valence-electron chi connectivity index (χ2n) is 2.58. The molecule has 9 heteroatoms. The van der Waals surface area contributed by atoms with Gasteiger partial charge in [-0.15, -0.1) is 0 Å². The van der Waals surface area contributed by atoms with Crippen LogP contribution < -0.4 is 51.4 Å². The summed E-state index contributed by atoms with van der Waals surface area (Å²) in [5, 5.41) is -0.796. The van der Waals surface area contributed by atoms with Crippen molar-refractivity contribution in [3.63, 3.8) is 0 Å². The van der Waals surface area contributed by atoms with Crippen LogP contribution in [0.4, 0.5) is 17.7 Å². The summed E-state index contributed by atoms with van der Waals surface area (Å²) >= 11 is 0.747. The van der Waals surface area contributed by atoms with Crippen LogP contribution >= 0.6 is 11.8 Å². The molecule has 0 saturated carbocycles. The van der Waals surface area contributed by atoms with Gasteiger partial charge in [-0.05, 0) is 6.44 Å². The van der Waals surface area contributed by atoms with Gasteiger partial charge < -0.3 is 17.8 Å². The Hall–Kier alpha value is 0.981. The summed E-state index contributed by atoms with van der Waals surface area (Å²) < 4.78 is 35.7. The van der Waals surface area contributed by atoms with Crippen LogP contribution in [0.2, 0.25) is 0 Å². The molecule has 1 saturated heterocycles. The number of thioether (sulfide) groups is 1. The average Bonchev–Trinajstić information content (AvgIpc) is 1.95. The fourth-order valence-corrected chi connectivity index (χ4v) is 1.71. The summed E-state index contributed by atoms with van der Waals surface area (Å²) in [6, 6.07) is 0. The molecule has 0 bridgehead atoms. The van der Waals surface area contributed by atoms with Crippen LogP contribution in [0.15, 0.2) is 0 Å². The van der Waals surface area contributed by atoms with E-state index in [0.29, 0.717) is 0 Å². The molecule has 0 spiro atoms. The van der Waals surface area contributed by atoms with E-state index < -0.39 is 24.6 Å². The van der Waals surface area contributed by atoms with E-state index in [0.717, 1.165) is 11.8 Å². The molecule has 1 aliphatic heterocycles. The fourth-order valence-electron chi connectivity index (χ4n) is 0.924. The Balaban J connectivity index is 0.00000169. The van der Waals surface area contributed by atoms with Crippen LogP contribution in [0.5, 0.6) is 0 Å². The van der Waals surface area contributed by atoms with E-state index in [9.17, 15) is 22.5 Å². The molecule has 0 N–H and O–H groups in total. The van der Waals surface area contributed by atoms with Crippen molar-refractivity contribution in [2.75, 3.05) is 12.2 Å². The molecule has 14 heavy (non-hydrogen) atoms. The first kappa shape index (κ1) is 15.0. The summed E-state index contributed by atoms with van der Waals surface area (Å²) in [5.74, 6) is -0.457. The monoisotopic (exact) mass is 251 g/mol. The van der Waals surface area contributed by atoms with Crippen molar-refractivity contribution in [1.82, 2.24) is 4.90 Å². The summed E-state index contributed by atoms with van der Waals surface area (Å²) in [7, 11) is 0. The molecule has 0 aromatic carbocycles. The van der Waals surface area contributed by atoms with E-state index in [-0.39, 0.29) is 68.5 Å². The first-order valence-electron chi connectivity index (χ1n) is 3.58. The van der Waals surface area contributed by atoms with Gasteiger partial charge in [0.25, 0.3) is 5.24 Å². The number of carbonyl (C=O) groups excluding carboxylic acids is 2. The molecular formula is C5H6BF3KNO2S. The van der Waals surface area contributed by atoms with E-state index in [1.54, 1.807) is 0 Å².